The lowest BCUT2D eigenvalue weighted by molar-refractivity contribution is -0.120. The van der Waals surface area contributed by atoms with E-state index in [9.17, 15) is 13.2 Å². The predicted molar refractivity (Wildman–Crippen MR) is 119 cm³/mol. The highest BCUT2D eigenvalue weighted by Crippen LogP contribution is 2.34. The highest BCUT2D eigenvalue weighted by Gasteiger charge is 2.26. The maximum atomic E-state index is 12.7. The quantitative estimate of drug-likeness (QED) is 0.634. The largest absolute Gasteiger partial charge is 0.491 e. The molecule has 0 radical (unpaired) electrons. The number of rotatable bonds is 9. The molecule has 0 aliphatic carbocycles. The number of amides is 1. The van der Waals surface area contributed by atoms with Crippen LogP contribution in [0, 0.1) is 6.92 Å². The number of fused-ring (bicyclic) bond motifs is 1. The summed E-state index contributed by atoms with van der Waals surface area (Å²) >= 11 is 0. The Morgan fingerprint density at radius 2 is 1.81 bits per heavy atom. The average molecular weight is 449 g/mol. The van der Waals surface area contributed by atoms with Crippen molar-refractivity contribution in [3.63, 3.8) is 0 Å². The maximum Gasteiger partial charge on any atom is 0.241 e. The van der Waals surface area contributed by atoms with Crippen molar-refractivity contribution in [2.75, 3.05) is 36.4 Å². The highest BCUT2D eigenvalue weighted by atomic mass is 32.2. The molecular formula is C22H28N2O6S. The molecule has 1 amide bonds. The molecule has 0 bridgehead atoms. The molecule has 2 aromatic carbocycles. The van der Waals surface area contributed by atoms with E-state index in [-0.39, 0.29) is 24.9 Å². The Labute approximate surface area is 183 Å². The van der Waals surface area contributed by atoms with Gasteiger partial charge in [-0.15, -0.1) is 0 Å². The van der Waals surface area contributed by atoms with Gasteiger partial charge in [0.1, 0.15) is 32.1 Å². The van der Waals surface area contributed by atoms with Gasteiger partial charge in [0, 0.05) is 6.07 Å². The molecule has 1 aliphatic rings. The molecule has 0 saturated carbocycles. The number of anilines is 1. The third-order valence-electron chi connectivity index (χ3n) is 4.73. The van der Waals surface area contributed by atoms with Crippen molar-refractivity contribution in [2.24, 2.45) is 0 Å². The minimum absolute atomic E-state index is 0.138. The summed E-state index contributed by atoms with van der Waals surface area (Å²) in [5.74, 6) is 1.15. The fraction of sp³-hybridized carbons (Fsp3) is 0.409. The first-order valence-corrected chi connectivity index (χ1v) is 11.8. The van der Waals surface area contributed by atoms with Gasteiger partial charge in [-0.2, -0.15) is 0 Å². The maximum absolute atomic E-state index is 12.7. The van der Waals surface area contributed by atoms with Crippen LogP contribution < -0.4 is 23.8 Å². The van der Waals surface area contributed by atoms with Crippen molar-refractivity contribution in [1.82, 2.24) is 5.32 Å². The summed E-state index contributed by atoms with van der Waals surface area (Å²) < 4.78 is 43.2. The van der Waals surface area contributed by atoms with Crippen LogP contribution in [-0.2, 0) is 14.8 Å². The molecule has 8 nitrogen and oxygen atoms in total. The first kappa shape index (κ1) is 22.7. The Morgan fingerprint density at radius 1 is 1.13 bits per heavy atom. The molecule has 3 rings (SSSR count). The van der Waals surface area contributed by atoms with E-state index in [2.05, 4.69) is 5.32 Å². The van der Waals surface area contributed by atoms with Crippen molar-refractivity contribution in [3.8, 4) is 17.2 Å². The van der Waals surface area contributed by atoms with E-state index in [4.69, 9.17) is 14.2 Å². The van der Waals surface area contributed by atoms with Crippen LogP contribution in [0.15, 0.2) is 42.5 Å². The molecule has 0 aromatic heterocycles. The zero-order valence-corrected chi connectivity index (χ0v) is 18.8. The second-order valence-corrected chi connectivity index (χ2v) is 9.51. The van der Waals surface area contributed by atoms with Crippen molar-refractivity contribution >= 4 is 21.6 Å². The van der Waals surface area contributed by atoms with E-state index in [0.717, 1.165) is 9.87 Å². The van der Waals surface area contributed by atoms with Gasteiger partial charge in [0.15, 0.2) is 11.5 Å². The van der Waals surface area contributed by atoms with Gasteiger partial charge in [-0.1, -0.05) is 17.7 Å². The Bertz CT molecular complexity index is 1010. The summed E-state index contributed by atoms with van der Waals surface area (Å²) in [6.07, 6.45) is 0. The fourth-order valence-corrected chi connectivity index (χ4v) is 4.10. The van der Waals surface area contributed by atoms with Crippen molar-refractivity contribution in [3.05, 3.63) is 48.0 Å². The number of nitrogens with zero attached hydrogens (tertiary/aromatic N) is 1. The normalized spacial score (nSPS) is 13.9. The van der Waals surface area contributed by atoms with Gasteiger partial charge in [-0.05, 0) is 45.0 Å². The number of nitrogens with one attached hydrogen (secondary N) is 1. The SMILES string of the molecule is CCS(=O)(=O)N(CC(=O)N[C@@H](C)COc1ccc(C)cc1)c1ccc2c(c1)OCCO2. The van der Waals surface area contributed by atoms with Crippen LogP contribution in [0.5, 0.6) is 17.2 Å². The molecule has 31 heavy (non-hydrogen) atoms. The molecule has 2 aromatic rings. The Kier molecular flexibility index (Phi) is 7.27. The molecule has 168 valence electrons. The molecular weight excluding hydrogens is 420 g/mol. The zero-order chi connectivity index (χ0) is 22.4. The lowest BCUT2D eigenvalue weighted by Gasteiger charge is -2.26. The molecule has 0 spiro atoms. The van der Waals surface area contributed by atoms with Crippen LogP contribution in [0.1, 0.15) is 19.4 Å². The van der Waals surface area contributed by atoms with Gasteiger partial charge >= 0.3 is 0 Å². The molecule has 0 saturated heterocycles. The van der Waals surface area contributed by atoms with Crippen LogP contribution in [0.2, 0.25) is 0 Å². The van der Waals surface area contributed by atoms with Crippen molar-refractivity contribution < 1.29 is 27.4 Å². The molecule has 0 unspecified atom stereocenters. The average Bonchev–Trinajstić information content (AvgIpc) is 2.76. The van der Waals surface area contributed by atoms with Crippen LogP contribution >= 0.6 is 0 Å². The first-order valence-electron chi connectivity index (χ1n) is 10.2. The second kappa shape index (κ2) is 9.91. The summed E-state index contributed by atoms with van der Waals surface area (Å²) in [6, 6.07) is 12.1. The van der Waals surface area contributed by atoms with E-state index in [0.29, 0.717) is 36.1 Å². The smallest absolute Gasteiger partial charge is 0.241 e. The number of benzene rings is 2. The van der Waals surface area contributed by atoms with Gasteiger partial charge in [-0.3, -0.25) is 9.10 Å². The third kappa shape index (κ3) is 6.04. The monoisotopic (exact) mass is 448 g/mol. The Morgan fingerprint density at radius 3 is 2.48 bits per heavy atom. The topological polar surface area (TPSA) is 94.2 Å². The fourth-order valence-electron chi connectivity index (χ4n) is 3.04. The number of hydrogen-bond donors (Lipinski definition) is 1. The predicted octanol–water partition coefficient (Wildman–Crippen LogP) is 2.51. The van der Waals surface area contributed by atoms with E-state index < -0.39 is 15.9 Å². The van der Waals surface area contributed by atoms with Gasteiger partial charge in [0.2, 0.25) is 15.9 Å². The lowest BCUT2D eigenvalue weighted by atomic mass is 10.2. The molecule has 1 heterocycles. The summed E-state index contributed by atoms with van der Waals surface area (Å²) in [5, 5.41) is 2.79. The second-order valence-electron chi connectivity index (χ2n) is 7.33. The van der Waals surface area contributed by atoms with Gasteiger partial charge < -0.3 is 19.5 Å². The van der Waals surface area contributed by atoms with Crippen LogP contribution in [0.3, 0.4) is 0 Å². The number of aryl methyl sites for hydroxylation is 1. The zero-order valence-electron chi connectivity index (χ0n) is 18.0. The highest BCUT2D eigenvalue weighted by molar-refractivity contribution is 7.92. The van der Waals surface area contributed by atoms with E-state index in [1.165, 1.54) is 6.92 Å². The van der Waals surface area contributed by atoms with Crippen molar-refractivity contribution in [2.45, 2.75) is 26.8 Å². The van der Waals surface area contributed by atoms with Crippen molar-refractivity contribution in [1.29, 1.82) is 0 Å². The summed E-state index contributed by atoms with van der Waals surface area (Å²) in [6.45, 7) is 6.07. The third-order valence-corrected chi connectivity index (χ3v) is 6.47. The lowest BCUT2D eigenvalue weighted by Crippen LogP contribution is -2.45. The van der Waals surface area contributed by atoms with E-state index in [1.807, 2.05) is 31.2 Å². The minimum Gasteiger partial charge on any atom is -0.491 e. The summed E-state index contributed by atoms with van der Waals surface area (Å²) in [4.78, 5) is 12.6. The Balaban J connectivity index is 1.65. The Hall–Kier alpha value is -2.94. The summed E-state index contributed by atoms with van der Waals surface area (Å²) in [5.41, 5.74) is 1.48. The molecule has 9 heteroatoms. The van der Waals surface area contributed by atoms with Crippen LogP contribution in [0.25, 0.3) is 0 Å². The van der Waals surface area contributed by atoms with Crippen LogP contribution in [0.4, 0.5) is 5.69 Å². The van der Waals surface area contributed by atoms with Gasteiger partial charge in [0.05, 0.1) is 17.5 Å². The van der Waals surface area contributed by atoms with Crippen LogP contribution in [-0.4, -0.2) is 52.5 Å². The number of hydrogen-bond acceptors (Lipinski definition) is 6. The standard InChI is InChI=1S/C22H28N2O6S/c1-4-31(26,27)24(18-7-10-20-21(13-18)29-12-11-28-20)14-22(25)23-17(3)15-30-19-8-5-16(2)6-9-19/h5-10,13,17H,4,11-12,14-15H2,1-3H3,(H,23,25)/t17-/m0/s1. The van der Waals surface area contributed by atoms with Gasteiger partial charge in [0.25, 0.3) is 0 Å². The van der Waals surface area contributed by atoms with E-state index in [1.54, 1.807) is 25.1 Å². The molecule has 0 fully saturated rings. The number of ether oxygens (including phenoxy) is 3. The molecule has 1 N–H and O–H groups in total. The molecule has 1 aliphatic heterocycles. The van der Waals surface area contributed by atoms with E-state index >= 15 is 0 Å². The summed E-state index contributed by atoms with van der Waals surface area (Å²) in [7, 11) is -3.69. The minimum atomic E-state index is -3.69. The number of carbonyl (C=O) groups is 1. The number of carbonyl (C=O) groups excluding carboxylic acids is 1. The molecule has 1 atom stereocenters. The van der Waals surface area contributed by atoms with Gasteiger partial charge in [-0.25, -0.2) is 8.42 Å². The first-order chi connectivity index (χ1) is 14.8. The number of sulfonamides is 1.